The van der Waals surface area contributed by atoms with Crippen molar-refractivity contribution in [2.45, 2.75) is 25.9 Å². The highest BCUT2D eigenvalue weighted by Gasteiger charge is 2.24. The number of carbonyl (C=O) groups excluding carboxylic acids is 1. The number of rotatable bonds is 7. The summed E-state index contributed by atoms with van der Waals surface area (Å²) < 4.78 is 16.6. The number of ether oxygens (including phenoxy) is 2. The first-order valence-electron chi connectivity index (χ1n) is 9.81. The van der Waals surface area contributed by atoms with E-state index in [1.165, 1.54) is 11.3 Å². The fourth-order valence-electron chi connectivity index (χ4n) is 3.45. The topological polar surface area (TPSA) is 77.7 Å². The Kier molecular flexibility index (Phi) is 6.86. The van der Waals surface area contributed by atoms with Crippen LogP contribution in [0.4, 0.5) is 4.79 Å². The molecule has 1 aliphatic heterocycles. The summed E-state index contributed by atoms with van der Waals surface area (Å²) in [6, 6.07) is 7.24. The summed E-state index contributed by atoms with van der Waals surface area (Å²) in [6.45, 7) is 2.28. The molecule has 30 heavy (non-hydrogen) atoms. The zero-order chi connectivity index (χ0) is 20.8. The number of carbonyl (C=O) groups is 1. The molecule has 0 spiro atoms. The van der Waals surface area contributed by atoms with Crippen molar-refractivity contribution in [3.8, 4) is 17.1 Å². The number of amides is 1. The summed E-state index contributed by atoms with van der Waals surface area (Å²) in [6.07, 6.45) is 5.86. The van der Waals surface area contributed by atoms with Gasteiger partial charge in [-0.15, -0.1) is 11.3 Å². The smallest absolute Gasteiger partial charge is 0.410 e. The van der Waals surface area contributed by atoms with Crippen LogP contribution in [0.25, 0.3) is 11.3 Å². The molecule has 2 aromatic heterocycles. The number of hydrogen-bond acceptors (Lipinski definition) is 7. The Hall–Kier alpha value is -2.58. The monoisotopic (exact) mass is 447 g/mol. The minimum Gasteiger partial charge on any atom is -0.493 e. The first kappa shape index (κ1) is 20.7. The molecule has 4 rings (SSSR count). The summed E-state index contributed by atoms with van der Waals surface area (Å²) in [4.78, 5) is 18.9. The van der Waals surface area contributed by atoms with Crippen LogP contribution in [0, 0.1) is 5.92 Å². The Morgan fingerprint density at radius 3 is 2.90 bits per heavy atom. The predicted octanol–water partition coefficient (Wildman–Crippen LogP) is 5.27. The van der Waals surface area contributed by atoms with E-state index in [2.05, 4.69) is 10.1 Å². The van der Waals surface area contributed by atoms with E-state index in [1.54, 1.807) is 34.9 Å². The van der Waals surface area contributed by atoms with Gasteiger partial charge in [0, 0.05) is 30.4 Å². The molecule has 0 radical (unpaired) electrons. The van der Waals surface area contributed by atoms with Gasteiger partial charge in [-0.2, -0.15) is 0 Å². The first-order chi connectivity index (χ1) is 14.7. The van der Waals surface area contributed by atoms with Crippen LogP contribution in [0.5, 0.6) is 5.75 Å². The second-order valence-electron chi connectivity index (χ2n) is 7.11. The van der Waals surface area contributed by atoms with Gasteiger partial charge in [0.15, 0.2) is 5.76 Å². The molecule has 3 heterocycles. The Bertz CT molecular complexity index is 941. The molecule has 1 aromatic carbocycles. The molecule has 1 amide bonds. The third-order valence-electron chi connectivity index (χ3n) is 5.12. The normalized spacial score (nSPS) is 14.6. The van der Waals surface area contributed by atoms with Crippen LogP contribution in [0.15, 0.2) is 46.7 Å². The van der Waals surface area contributed by atoms with E-state index in [4.69, 9.17) is 25.6 Å². The number of likely N-dealkylation sites (tertiary alicyclic amines) is 1. The van der Waals surface area contributed by atoms with Crippen molar-refractivity contribution >= 4 is 29.0 Å². The van der Waals surface area contributed by atoms with Crippen molar-refractivity contribution in [3.05, 3.63) is 52.1 Å². The van der Waals surface area contributed by atoms with Crippen molar-refractivity contribution in [1.29, 1.82) is 0 Å². The number of thiazole rings is 1. The van der Waals surface area contributed by atoms with Crippen LogP contribution < -0.4 is 4.74 Å². The van der Waals surface area contributed by atoms with Crippen LogP contribution in [0.2, 0.25) is 5.02 Å². The molecule has 9 heteroatoms. The second kappa shape index (κ2) is 9.95. The maximum atomic E-state index is 12.2. The zero-order valence-corrected chi connectivity index (χ0v) is 17.9. The second-order valence-corrected chi connectivity index (χ2v) is 8.51. The van der Waals surface area contributed by atoms with Crippen LogP contribution >= 0.6 is 22.9 Å². The highest BCUT2D eigenvalue weighted by Crippen LogP contribution is 2.33. The lowest BCUT2D eigenvalue weighted by Gasteiger charge is -2.31. The van der Waals surface area contributed by atoms with E-state index in [1.807, 2.05) is 12.1 Å². The summed E-state index contributed by atoms with van der Waals surface area (Å²) in [5, 5.41) is 4.37. The third kappa shape index (κ3) is 5.31. The van der Waals surface area contributed by atoms with Crippen molar-refractivity contribution in [1.82, 2.24) is 15.0 Å². The van der Waals surface area contributed by atoms with Gasteiger partial charge >= 0.3 is 6.09 Å². The van der Waals surface area contributed by atoms with Gasteiger partial charge in [-0.05, 0) is 43.4 Å². The van der Waals surface area contributed by atoms with Crippen molar-refractivity contribution in [3.63, 3.8) is 0 Å². The number of nitrogens with zero attached hydrogens (tertiary/aromatic N) is 3. The van der Waals surface area contributed by atoms with Crippen molar-refractivity contribution < 1.29 is 18.8 Å². The summed E-state index contributed by atoms with van der Waals surface area (Å²) in [7, 11) is 0. The van der Waals surface area contributed by atoms with Gasteiger partial charge in [0.2, 0.25) is 0 Å². The predicted molar refractivity (Wildman–Crippen MR) is 114 cm³/mol. The lowest BCUT2D eigenvalue weighted by molar-refractivity contribution is 0.0807. The van der Waals surface area contributed by atoms with Gasteiger partial charge < -0.3 is 18.9 Å². The molecule has 7 nitrogen and oxygen atoms in total. The molecule has 1 saturated heterocycles. The average molecular weight is 448 g/mol. The van der Waals surface area contributed by atoms with Crippen molar-refractivity contribution in [2.75, 3.05) is 19.7 Å². The van der Waals surface area contributed by atoms with Gasteiger partial charge in [-0.25, -0.2) is 4.79 Å². The molecule has 0 unspecified atom stereocenters. The lowest BCUT2D eigenvalue weighted by Crippen LogP contribution is -2.39. The Morgan fingerprint density at radius 1 is 1.30 bits per heavy atom. The molecule has 0 saturated carbocycles. The largest absolute Gasteiger partial charge is 0.493 e. The fraction of sp³-hybridized carbons (Fsp3) is 0.381. The van der Waals surface area contributed by atoms with E-state index >= 15 is 0 Å². The van der Waals surface area contributed by atoms with Gasteiger partial charge in [-0.3, -0.25) is 4.98 Å². The highest BCUT2D eigenvalue weighted by molar-refractivity contribution is 7.09. The van der Waals surface area contributed by atoms with Gasteiger partial charge in [0.25, 0.3) is 0 Å². The van der Waals surface area contributed by atoms with Crippen LogP contribution in [-0.2, 0) is 11.3 Å². The summed E-state index contributed by atoms with van der Waals surface area (Å²) in [5.41, 5.74) is 2.52. The molecule has 0 N–H and O–H groups in total. The molecule has 1 aliphatic rings. The highest BCUT2D eigenvalue weighted by atomic mass is 35.5. The number of halogens is 1. The Morgan fingerprint density at radius 2 is 2.17 bits per heavy atom. The van der Waals surface area contributed by atoms with E-state index < -0.39 is 0 Å². The quantitative estimate of drug-likeness (QED) is 0.491. The SMILES string of the molecule is O=C(OCc1cncs1)N1CCC(CCOc2ccc(Cl)cc2-c2ccno2)CC1. The summed E-state index contributed by atoms with van der Waals surface area (Å²) in [5.74, 6) is 1.86. The maximum absolute atomic E-state index is 12.2. The average Bonchev–Trinajstić information content (AvgIpc) is 3.48. The number of aromatic nitrogens is 2. The molecule has 0 bridgehead atoms. The Balaban J connectivity index is 1.22. The number of hydrogen-bond donors (Lipinski definition) is 0. The fourth-order valence-corrected chi connectivity index (χ4v) is 4.13. The van der Waals surface area contributed by atoms with Gasteiger partial charge in [-0.1, -0.05) is 16.8 Å². The molecular formula is C21H22ClN3O4S. The van der Waals surface area contributed by atoms with E-state index in [0.717, 1.165) is 35.5 Å². The molecule has 158 valence electrons. The molecule has 1 fully saturated rings. The molecular weight excluding hydrogens is 426 g/mol. The standard InChI is InChI=1S/C21H22ClN3O4S/c22-16-1-2-19(18(11-16)20-3-7-24-29-20)27-10-6-15-4-8-25(9-5-15)21(26)28-13-17-12-23-14-30-17/h1-3,7,11-12,14-15H,4-6,8-10,13H2. The molecule has 0 atom stereocenters. The number of benzene rings is 1. The van der Waals surface area contributed by atoms with E-state index in [-0.39, 0.29) is 12.7 Å². The van der Waals surface area contributed by atoms with E-state index in [0.29, 0.717) is 36.4 Å². The molecule has 0 aliphatic carbocycles. The maximum Gasteiger partial charge on any atom is 0.410 e. The first-order valence-corrected chi connectivity index (χ1v) is 11.1. The molecule has 3 aromatic rings. The number of piperidine rings is 1. The van der Waals surface area contributed by atoms with Crippen LogP contribution in [0.1, 0.15) is 24.1 Å². The summed E-state index contributed by atoms with van der Waals surface area (Å²) >= 11 is 7.60. The van der Waals surface area contributed by atoms with Crippen LogP contribution in [-0.4, -0.2) is 40.8 Å². The van der Waals surface area contributed by atoms with E-state index in [9.17, 15) is 4.79 Å². The minimum absolute atomic E-state index is 0.254. The third-order valence-corrected chi connectivity index (χ3v) is 6.11. The lowest BCUT2D eigenvalue weighted by atomic mass is 9.94. The zero-order valence-electron chi connectivity index (χ0n) is 16.3. The van der Waals surface area contributed by atoms with Crippen LogP contribution in [0.3, 0.4) is 0 Å². The van der Waals surface area contributed by atoms with Gasteiger partial charge in [0.05, 0.1) is 28.8 Å². The minimum atomic E-state index is -0.254. The van der Waals surface area contributed by atoms with Gasteiger partial charge in [0.1, 0.15) is 12.4 Å². The Labute approximate surface area is 183 Å². The van der Waals surface area contributed by atoms with Crippen molar-refractivity contribution in [2.24, 2.45) is 5.92 Å².